The van der Waals surface area contributed by atoms with Gasteiger partial charge in [0.1, 0.15) is 5.75 Å². The van der Waals surface area contributed by atoms with E-state index in [0.717, 1.165) is 6.42 Å². The first-order valence-electron chi connectivity index (χ1n) is 7.13. The Morgan fingerprint density at radius 2 is 1.85 bits per heavy atom. The van der Waals surface area contributed by atoms with E-state index in [1.165, 1.54) is 20.9 Å². The van der Waals surface area contributed by atoms with Crippen molar-refractivity contribution in [1.82, 2.24) is 5.32 Å². The van der Waals surface area contributed by atoms with Crippen molar-refractivity contribution < 1.29 is 5.11 Å². The molecule has 2 rings (SSSR count). The molecule has 0 aliphatic carbocycles. The van der Waals surface area contributed by atoms with Crippen LogP contribution in [-0.2, 0) is 0 Å². The maximum atomic E-state index is 9.39. The van der Waals surface area contributed by atoms with Crippen molar-refractivity contribution in [3.05, 3.63) is 51.2 Å². The van der Waals surface area contributed by atoms with Crippen molar-refractivity contribution in [2.75, 3.05) is 0 Å². The normalized spacial score (nSPS) is 14.2. The van der Waals surface area contributed by atoms with Crippen LogP contribution in [0.25, 0.3) is 0 Å². The van der Waals surface area contributed by atoms with E-state index in [9.17, 15) is 5.11 Å². The molecule has 20 heavy (non-hydrogen) atoms. The third-order valence-corrected chi connectivity index (χ3v) is 4.68. The molecule has 0 saturated carbocycles. The van der Waals surface area contributed by atoms with Crippen molar-refractivity contribution in [3.63, 3.8) is 0 Å². The van der Waals surface area contributed by atoms with Gasteiger partial charge in [0.2, 0.25) is 0 Å². The topological polar surface area (TPSA) is 32.3 Å². The number of rotatable bonds is 5. The Hall–Kier alpha value is -1.32. The Morgan fingerprint density at radius 1 is 1.20 bits per heavy atom. The van der Waals surface area contributed by atoms with Crippen LogP contribution in [0.5, 0.6) is 5.75 Å². The van der Waals surface area contributed by atoms with Gasteiger partial charge in [-0.2, -0.15) is 0 Å². The molecule has 1 aromatic heterocycles. The van der Waals surface area contributed by atoms with Crippen LogP contribution in [0, 0.1) is 13.8 Å². The molecule has 2 nitrogen and oxygen atoms in total. The number of aryl methyl sites for hydroxylation is 2. The van der Waals surface area contributed by atoms with E-state index in [2.05, 4.69) is 39.1 Å². The SMILES string of the molecule is CCC(NC(C)c1cc(C)sc1C)c1ccc(O)cc1. The molecule has 0 amide bonds. The standard InChI is InChI=1S/C17H23NOS/c1-5-17(14-6-8-15(19)9-7-14)18-12(3)16-10-11(2)20-13(16)4/h6-10,12,17-19H,5H2,1-4H3. The Kier molecular flexibility index (Phi) is 4.84. The number of hydrogen-bond acceptors (Lipinski definition) is 3. The van der Waals surface area contributed by atoms with Gasteiger partial charge >= 0.3 is 0 Å². The van der Waals surface area contributed by atoms with E-state index >= 15 is 0 Å². The van der Waals surface area contributed by atoms with Gasteiger partial charge in [-0.3, -0.25) is 0 Å². The second kappa shape index (κ2) is 6.42. The number of aromatic hydroxyl groups is 1. The first-order valence-corrected chi connectivity index (χ1v) is 7.94. The number of nitrogens with one attached hydrogen (secondary N) is 1. The predicted octanol–water partition coefficient (Wildman–Crippen LogP) is 4.87. The fraction of sp³-hybridized carbons (Fsp3) is 0.412. The fourth-order valence-electron chi connectivity index (χ4n) is 2.63. The quantitative estimate of drug-likeness (QED) is 0.823. The number of phenolic OH excluding ortho intramolecular Hbond substituents is 1. The third kappa shape index (κ3) is 3.41. The Labute approximate surface area is 125 Å². The highest BCUT2D eigenvalue weighted by Crippen LogP contribution is 2.29. The molecule has 2 unspecified atom stereocenters. The predicted molar refractivity (Wildman–Crippen MR) is 86.5 cm³/mol. The van der Waals surface area contributed by atoms with Crippen LogP contribution < -0.4 is 5.32 Å². The monoisotopic (exact) mass is 289 g/mol. The first kappa shape index (κ1) is 15.1. The summed E-state index contributed by atoms with van der Waals surface area (Å²) in [7, 11) is 0. The third-order valence-electron chi connectivity index (χ3n) is 3.70. The maximum Gasteiger partial charge on any atom is 0.115 e. The molecule has 0 aliphatic rings. The van der Waals surface area contributed by atoms with E-state index in [4.69, 9.17) is 0 Å². The zero-order valence-electron chi connectivity index (χ0n) is 12.6. The van der Waals surface area contributed by atoms with Crippen molar-refractivity contribution in [1.29, 1.82) is 0 Å². The van der Waals surface area contributed by atoms with Gasteiger partial charge < -0.3 is 10.4 Å². The summed E-state index contributed by atoms with van der Waals surface area (Å²) in [5.41, 5.74) is 2.62. The van der Waals surface area contributed by atoms with Crippen LogP contribution >= 0.6 is 11.3 Å². The summed E-state index contributed by atoms with van der Waals surface area (Å²) in [6.07, 6.45) is 1.03. The van der Waals surface area contributed by atoms with Crippen LogP contribution in [0.2, 0.25) is 0 Å². The summed E-state index contributed by atoms with van der Waals surface area (Å²) >= 11 is 1.86. The van der Waals surface area contributed by atoms with Crippen molar-refractivity contribution in [3.8, 4) is 5.75 Å². The van der Waals surface area contributed by atoms with Crippen molar-refractivity contribution >= 4 is 11.3 Å². The molecule has 0 saturated heterocycles. The lowest BCUT2D eigenvalue weighted by Crippen LogP contribution is -2.24. The fourth-order valence-corrected chi connectivity index (χ4v) is 3.65. The molecule has 2 atom stereocenters. The van der Waals surface area contributed by atoms with E-state index < -0.39 is 0 Å². The number of hydrogen-bond donors (Lipinski definition) is 2. The molecule has 0 fully saturated rings. The Balaban J connectivity index is 2.13. The summed E-state index contributed by atoms with van der Waals surface area (Å²) in [6.45, 7) is 8.75. The van der Waals surface area contributed by atoms with Gasteiger partial charge in [0, 0.05) is 21.8 Å². The Morgan fingerprint density at radius 3 is 2.35 bits per heavy atom. The van der Waals surface area contributed by atoms with Gasteiger partial charge in [-0.1, -0.05) is 19.1 Å². The molecule has 2 aromatic rings. The van der Waals surface area contributed by atoms with E-state index in [1.807, 2.05) is 23.5 Å². The molecule has 3 heteroatoms. The molecule has 108 valence electrons. The lowest BCUT2D eigenvalue weighted by molar-refractivity contribution is 0.453. The minimum Gasteiger partial charge on any atom is -0.508 e. The summed E-state index contributed by atoms with van der Waals surface area (Å²) < 4.78 is 0. The average Bonchev–Trinajstić information content (AvgIpc) is 2.76. The van der Waals surface area contributed by atoms with Gasteiger partial charge in [0.05, 0.1) is 0 Å². The minimum atomic E-state index is 0.310. The Bertz CT molecular complexity index is 559. The zero-order valence-corrected chi connectivity index (χ0v) is 13.4. The largest absolute Gasteiger partial charge is 0.508 e. The van der Waals surface area contributed by atoms with Crippen LogP contribution in [0.1, 0.15) is 53.2 Å². The van der Waals surface area contributed by atoms with Gasteiger partial charge in [0.25, 0.3) is 0 Å². The van der Waals surface area contributed by atoms with Crippen molar-refractivity contribution in [2.45, 2.75) is 46.2 Å². The van der Waals surface area contributed by atoms with E-state index in [-0.39, 0.29) is 0 Å². The van der Waals surface area contributed by atoms with Crippen LogP contribution in [0.15, 0.2) is 30.3 Å². The molecule has 0 aliphatic heterocycles. The number of thiophene rings is 1. The molecule has 0 radical (unpaired) electrons. The highest BCUT2D eigenvalue weighted by Gasteiger charge is 2.16. The van der Waals surface area contributed by atoms with Gasteiger partial charge in [-0.15, -0.1) is 11.3 Å². The summed E-state index contributed by atoms with van der Waals surface area (Å²) in [4.78, 5) is 2.76. The molecule has 1 heterocycles. The first-order chi connectivity index (χ1) is 9.51. The minimum absolute atomic E-state index is 0.310. The van der Waals surface area contributed by atoms with Gasteiger partial charge in [-0.05, 0) is 56.5 Å². The highest BCUT2D eigenvalue weighted by atomic mass is 32.1. The molecule has 0 bridgehead atoms. The number of benzene rings is 1. The lowest BCUT2D eigenvalue weighted by Gasteiger charge is -2.23. The summed E-state index contributed by atoms with van der Waals surface area (Å²) in [6, 6.07) is 10.4. The molecular weight excluding hydrogens is 266 g/mol. The smallest absolute Gasteiger partial charge is 0.115 e. The maximum absolute atomic E-state index is 9.39. The van der Waals surface area contributed by atoms with Gasteiger partial charge in [0.15, 0.2) is 0 Å². The van der Waals surface area contributed by atoms with E-state index in [1.54, 1.807) is 12.1 Å². The van der Waals surface area contributed by atoms with E-state index in [0.29, 0.717) is 17.8 Å². The van der Waals surface area contributed by atoms with Crippen LogP contribution in [-0.4, -0.2) is 5.11 Å². The van der Waals surface area contributed by atoms with Crippen LogP contribution in [0.3, 0.4) is 0 Å². The van der Waals surface area contributed by atoms with Crippen LogP contribution in [0.4, 0.5) is 0 Å². The zero-order chi connectivity index (χ0) is 14.7. The van der Waals surface area contributed by atoms with Gasteiger partial charge in [-0.25, -0.2) is 0 Å². The molecule has 0 spiro atoms. The van der Waals surface area contributed by atoms with Crippen molar-refractivity contribution in [2.24, 2.45) is 0 Å². The molecule has 2 N–H and O–H groups in total. The molecule has 1 aromatic carbocycles. The summed E-state index contributed by atoms with van der Waals surface area (Å²) in [5, 5.41) is 13.1. The second-order valence-corrected chi connectivity index (χ2v) is 6.77. The summed E-state index contributed by atoms with van der Waals surface area (Å²) in [5.74, 6) is 0.320. The molecular formula is C17H23NOS. The second-order valence-electron chi connectivity index (χ2n) is 5.31. The highest BCUT2D eigenvalue weighted by molar-refractivity contribution is 7.12. The average molecular weight is 289 g/mol. The number of phenols is 1. The lowest BCUT2D eigenvalue weighted by atomic mass is 10.0.